The molecule has 0 spiro atoms. The first kappa shape index (κ1) is 13.3. The number of carbonyl (C=O) groups is 1. The zero-order valence-electron chi connectivity index (χ0n) is 10.8. The predicted octanol–water partition coefficient (Wildman–Crippen LogP) is 3.28. The minimum absolute atomic E-state index is 0.143. The molecule has 0 saturated carbocycles. The van der Waals surface area contributed by atoms with Gasteiger partial charge < -0.3 is 5.32 Å². The highest BCUT2D eigenvalue weighted by Gasteiger charge is 2.16. The van der Waals surface area contributed by atoms with Crippen LogP contribution in [0.1, 0.15) is 52.9 Å². The SMILES string of the molecule is CC[C@H](C)C(=O)NC(C)C[C@@H]1C=CCCC1. The summed E-state index contributed by atoms with van der Waals surface area (Å²) in [5.74, 6) is 1.01. The van der Waals surface area contributed by atoms with Gasteiger partial charge >= 0.3 is 0 Å². The Morgan fingerprint density at radius 1 is 1.50 bits per heavy atom. The summed E-state index contributed by atoms with van der Waals surface area (Å²) in [5, 5.41) is 3.11. The monoisotopic (exact) mass is 223 g/mol. The van der Waals surface area contributed by atoms with Crippen LogP contribution in [0.4, 0.5) is 0 Å². The Hall–Kier alpha value is -0.790. The lowest BCUT2D eigenvalue weighted by atomic mass is 9.90. The standard InChI is InChI=1S/C14H25NO/c1-4-11(2)14(16)15-12(3)10-13-8-6-5-7-9-13/h6,8,11-13H,4-5,7,9-10H2,1-3H3,(H,15,16)/t11-,12?,13+/m0/s1. The highest BCUT2D eigenvalue weighted by Crippen LogP contribution is 2.21. The summed E-state index contributed by atoms with van der Waals surface area (Å²) in [5.41, 5.74) is 0. The summed E-state index contributed by atoms with van der Waals surface area (Å²) in [7, 11) is 0. The molecule has 0 aliphatic heterocycles. The lowest BCUT2D eigenvalue weighted by Gasteiger charge is -2.22. The van der Waals surface area contributed by atoms with Gasteiger partial charge in [0.1, 0.15) is 0 Å². The molecular weight excluding hydrogens is 198 g/mol. The van der Waals surface area contributed by atoms with E-state index < -0.39 is 0 Å². The summed E-state index contributed by atoms with van der Waals surface area (Å²) in [6, 6.07) is 0.300. The molecular formula is C14H25NO. The van der Waals surface area contributed by atoms with Crippen molar-refractivity contribution < 1.29 is 4.79 Å². The molecule has 0 fully saturated rings. The van der Waals surface area contributed by atoms with Gasteiger partial charge in [0.25, 0.3) is 0 Å². The van der Waals surface area contributed by atoms with E-state index in [-0.39, 0.29) is 11.8 Å². The van der Waals surface area contributed by atoms with Gasteiger partial charge in [-0.2, -0.15) is 0 Å². The quantitative estimate of drug-likeness (QED) is 0.712. The predicted molar refractivity (Wildman–Crippen MR) is 68.2 cm³/mol. The molecule has 3 atom stereocenters. The van der Waals surface area contributed by atoms with Gasteiger partial charge in [-0.15, -0.1) is 0 Å². The highest BCUT2D eigenvalue weighted by atomic mass is 16.1. The van der Waals surface area contributed by atoms with Crippen molar-refractivity contribution in [3.8, 4) is 0 Å². The number of carbonyl (C=O) groups excluding carboxylic acids is 1. The van der Waals surface area contributed by atoms with Gasteiger partial charge in [0, 0.05) is 12.0 Å². The lowest BCUT2D eigenvalue weighted by Crippen LogP contribution is -2.37. The molecule has 1 N–H and O–H groups in total. The minimum atomic E-state index is 0.143. The summed E-state index contributed by atoms with van der Waals surface area (Å²) < 4.78 is 0. The third-order valence-corrected chi connectivity index (χ3v) is 3.46. The van der Waals surface area contributed by atoms with Gasteiger partial charge in [-0.05, 0) is 44.9 Å². The second-order valence-electron chi connectivity index (χ2n) is 5.07. The molecule has 2 heteroatoms. The topological polar surface area (TPSA) is 29.1 Å². The molecule has 0 bridgehead atoms. The third-order valence-electron chi connectivity index (χ3n) is 3.46. The molecule has 0 aromatic heterocycles. The average molecular weight is 223 g/mol. The third kappa shape index (κ3) is 4.38. The van der Waals surface area contributed by atoms with Crippen molar-refractivity contribution in [2.24, 2.45) is 11.8 Å². The summed E-state index contributed by atoms with van der Waals surface area (Å²) in [6.45, 7) is 6.16. The van der Waals surface area contributed by atoms with Crippen molar-refractivity contribution in [2.75, 3.05) is 0 Å². The van der Waals surface area contributed by atoms with Crippen molar-refractivity contribution in [1.29, 1.82) is 0 Å². The molecule has 1 aliphatic carbocycles. The van der Waals surface area contributed by atoms with Crippen molar-refractivity contribution in [3.05, 3.63) is 12.2 Å². The fourth-order valence-electron chi connectivity index (χ4n) is 2.16. The van der Waals surface area contributed by atoms with Crippen LogP contribution < -0.4 is 5.32 Å². The molecule has 1 amide bonds. The van der Waals surface area contributed by atoms with Crippen LogP contribution in [0.25, 0.3) is 0 Å². The number of allylic oxidation sites excluding steroid dienone is 2. The van der Waals surface area contributed by atoms with Crippen molar-refractivity contribution in [3.63, 3.8) is 0 Å². The van der Waals surface area contributed by atoms with E-state index in [0.717, 1.165) is 12.8 Å². The number of nitrogens with one attached hydrogen (secondary N) is 1. The maximum atomic E-state index is 11.7. The first-order valence-electron chi connectivity index (χ1n) is 6.60. The molecule has 92 valence electrons. The van der Waals surface area contributed by atoms with E-state index in [1.165, 1.54) is 19.3 Å². The molecule has 2 nitrogen and oxygen atoms in total. The van der Waals surface area contributed by atoms with E-state index in [2.05, 4.69) is 31.3 Å². The van der Waals surface area contributed by atoms with Gasteiger partial charge in [-0.1, -0.05) is 26.0 Å². The van der Waals surface area contributed by atoms with E-state index in [1.807, 2.05) is 6.92 Å². The number of hydrogen-bond acceptors (Lipinski definition) is 1. The van der Waals surface area contributed by atoms with Crippen LogP contribution in [0.3, 0.4) is 0 Å². The molecule has 0 saturated heterocycles. The van der Waals surface area contributed by atoms with Crippen LogP contribution in [-0.4, -0.2) is 11.9 Å². The second kappa shape index (κ2) is 6.72. The molecule has 0 aromatic carbocycles. The van der Waals surface area contributed by atoms with E-state index in [4.69, 9.17) is 0 Å². The molecule has 16 heavy (non-hydrogen) atoms. The zero-order chi connectivity index (χ0) is 12.0. The summed E-state index contributed by atoms with van der Waals surface area (Å²) in [4.78, 5) is 11.7. The molecule has 1 aliphatic rings. The van der Waals surface area contributed by atoms with Gasteiger partial charge in [0.05, 0.1) is 0 Å². The Balaban J connectivity index is 2.29. The molecule has 1 rings (SSSR count). The van der Waals surface area contributed by atoms with E-state index in [1.54, 1.807) is 0 Å². The lowest BCUT2D eigenvalue weighted by molar-refractivity contribution is -0.125. The Morgan fingerprint density at radius 3 is 2.81 bits per heavy atom. The first-order valence-corrected chi connectivity index (χ1v) is 6.60. The molecule has 0 radical (unpaired) electrons. The maximum absolute atomic E-state index is 11.7. The Labute approximate surface area is 99.5 Å². The van der Waals surface area contributed by atoms with Crippen LogP contribution >= 0.6 is 0 Å². The van der Waals surface area contributed by atoms with Gasteiger partial charge in [0.2, 0.25) is 5.91 Å². The Kier molecular flexibility index (Phi) is 5.58. The van der Waals surface area contributed by atoms with Gasteiger partial charge in [-0.25, -0.2) is 0 Å². The van der Waals surface area contributed by atoms with Crippen LogP contribution in [0.15, 0.2) is 12.2 Å². The molecule has 1 unspecified atom stereocenters. The highest BCUT2D eigenvalue weighted by molar-refractivity contribution is 5.78. The summed E-state index contributed by atoms with van der Waals surface area (Å²) >= 11 is 0. The van der Waals surface area contributed by atoms with Crippen molar-refractivity contribution in [1.82, 2.24) is 5.32 Å². The fraction of sp³-hybridized carbons (Fsp3) is 0.786. The summed E-state index contributed by atoms with van der Waals surface area (Å²) in [6.07, 6.45) is 10.4. The zero-order valence-corrected chi connectivity index (χ0v) is 10.8. The number of amides is 1. The van der Waals surface area contributed by atoms with Crippen LogP contribution in [0, 0.1) is 11.8 Å². The normalized spacial score (nSPS) is 23.8. The van der Waals surface area contributed by atoms with Crippen LogP contribution in [-0.2, 0) is 4.79 Å². The van der Waals surface area contributed by atoms with E-state index >= 15 is 0 Å². The minimum Gasteiger partial charge on any atom is -0.353 e. The van der Waals surface area contributed by atoms with Crippen molar-refractivity contribution in [2.45, 2.75) is 58.9 Å². The number of hydrogen-bond donors (Lipinski definition) is 1. The second-order valence-corrected chi connectivity index (χ2v) is 5.07. The average Bonchev–Trinajstić information content (AvgIpc) is 2.29. The largest absolute Gasteiger partial charge is 0.353 e. The van der Waals surface area contributed by atoms with Gasteiger partial charge in [0.15, 0.2) is 0 Å². The maximum Gasteiger partial charge on any atom is 0.223 e. The smallest absolute Gasteiger partial charge is 0.223 e. The van der Waals surface area contributed by atoms with Gasteiger partial charge in [-0.3, -0.25) is 4.79 Å². The fourth-order valence-corrected chi connectivity index (χ4v) is 2.16. The van der Waals surface area contributed by atoms with E-state index in [9.17, 15) is 4.79 Å². The number of rotatable bonds is 5. The molecule has 0 aromatic rings. The Bertz CT molecular complexity index is 247. The van der Waals surface area contributed by atoms with E-state index in [0.29, 0.717) is 12.0 Å². The first-order chi connectivity index (χ1) is 7.63. The van der Waals surface area contributed by atoms with Crippen LogP contribution in [0.2, 0.25) is 0 Å². The Morgan fingerprint density at radius 2 is 2.25 bits per heavy atom. The van der Waals surface area contributed by atoms with Crippen LogP contribution in [0.5, 0.6) is 0 Å². The molecule has 0 heterocycles. The van der Waals surface area contributed by atoms with Crippen molar-refractivity contribution >= 4 is 5.91 Å².